The van der Waals surface area contributed by atoms with Gasteiger partial charge in [0.15, 0.2) is 5.78 Å². The zero-order valence-electron chi connectivity index (χ0n) is 44.0. The van der Waals surface area contributed by atoms with Gasteiger partial charge in [-0.2, -0.15) is 0 Å². The molecule has 75 heavy (non-hydrogen) atoms. The Hall–Kier alpha value is -6.13. The Morgan fingerprint density at radius 1 is 0.813 bits per heavy atom. The van der Waals surface area contributed by atoms with Crippen molar-refractivity contribution >= 4 is 56.3 Å². The lowest BCUT2D eigenvalue weighted by Crippen LogP contribution is -2.57. The quantitative estimate of drug-likeness (QED) is 0.0324. The van der Waals surface area contributed by atoms with Crippen LogP contribution in [0, 0.1) is 12.3 Å². The standard InChI is InChI=1S/C60H73N5O8S2/c1-38(40-17-19-42(20-18-40)55-39(2)61-37-74-55)62-58(71)50-34-47(68)36-65(50)59(72)57(60(3,4)5)63-52(69)16-12-7-6-8-13-31-64(44-14-10-9-11-15-44)32-33-73-48-28-23-41(24-29-48)54(70)53-49-30-27-46(67)35-51(49)75-56(53)43-21-25-45(66)26-22-43/h17-30,35,37-38,44,47,50,57,66-68H,6-16,31-34,36H2,1-5H3,(H,62,71)(H,63,69)/t38-,47+,50-,57?/m0/s1. The van der Waals surface area contributed by atoms with Crippen LogP contribution in [0.4, 0.5) is 0 Å². The number of nitrogens with one attached hydrogen (secondary N) is 2. The first-order valence-electron chi connectivity index (χ1n) is 26.7. The molecule has 2 aliphatic rings. The fraction of sp³-hybridized carbons (Fsp3) is 0.450. The second-order valence-corrected chi connectivity index (χ2v) is 23.4. The highest BCUT2D eigenvalue weighted by molar-refractivity contribution is 7.22. The molecule has 398 valence electrons. The highest BCUT2D eigenvalue weighted by Crippen LogP contribution is 2.42. The van der Waals surface area contributed by atoms with Crippen molar-refractivity contribution in [2.24, 2.45) is 5.41 Å². The molecule has 2 fully saturated rings. The van der Waals surface area contributed by atoms with Crippen molar-refractivity contribution < 1.29 is 39.2 Å². The maximum absolute atomic E-state index is 14.2. The minimum Gasteiger partial charge on any atom is -0.508 e. The van der Waals surface area contributed by atoms with Crippen LogP contribution >= 0.6 is 22.7 Å². The molecule has 3 heterocycles. The summed E-state index contributed by atoms with van der Waals surface area (Å²) in [5.74, 6) is -0.0467. The van der Waals surface area contributed by atoms with E-state index in [4.69, 9.17) is 4.74 Å². The number of phenolic OH excluding ortho intramolecular Hbond substituents is 2. The van der Waals surface area contributed by atoms with Gasteiger partial charge in [-0.25, -0.2) is 4.98 Å². The fourth-order valence-electron chi connectivity index (χ4n) is 10.6. The second kappa shape index (κ2) is 25.1. The molecule has 1 saturated heterocycles. The van der Waals surface area contributed by atoms with E-state index in [0.717, 1.165) is 81.0 Å². The summed E-state index contributed by atoms with van der Waals surface area (Å²) in [4.78, 5) is 65.8. The first-order chi connectivity index (χ1) is 36.0. The Morgan fingerprint density at radius 2 is 1.48 bits per heavy atom. The molecule has 15 heteroatoms. The van der Waals surface area contributed by atoms with Crippen molar-refractivity contribution in [3.63, 3.8) is 0 Å². The third-order valence-corrected chi connectivity index (χ3v) is 17.0. The van der Waals surface area contributed by atoms with E-state index in [2.05, 4.69) is 20.5 Å². The Kier molecular flexibility index (Phi) is 18.5. The number of β-amino-alcohol motifs (C(OH)–C–C–N with tert-alkyl or cyclic N) is 1. The summed E-state index contributed by atoms with van der Waals surface area (Å²) < 4.78 is 7.09. The van der Waals surface area contributed by atoms with E-state index in [-0.39, 0.29) is 54.0 Å². The van der Waals surface area contributed by atoms with Crippen molar-refractivity contribution in [3.8, 4) is 38.1 Å². The summed E-state index contributed by atoms with van der Waals surface area (Å²) in [6.07, 6.45) is 10.3. The van der Waals surface area contributed by atoms with Crippen LogP contribution in [-0.2, 0) is 14.4 Å². The van der Waals surface area contributed by atoms with Gasteiger partial charge in [-0.15, -0.1) is 22.7 Å². The van der Waals surface area contributed by atoms with Gasteiger partial charge in [0.1, 0.15) is 35.9 Å². The van der Waals surface area contributed by atoms with E-state index in [0.29, 0.717) is 42.4 Å². The van der Waals surface area contributed by atoms with Crippen LogP contribution in [0.5, 0.6) is 17.2 Å². The highest BCUT2D eigenvalue weighted by Gasteiger charge is 2.44. The number of likely N-dealkylation sites (tertiary alicyclic amines) is 1. The first kappa shape index (κ1) is 55.1. The molecule has 4 atom stereocenters. The fourth-order valence-corrected chi connectivity index (χ4v) is 12.6. The Morgan fingerprint density at radius 3 is 2.17 bits per heavy atom. The molecule has 1 saturated carbocycles. The van der Waals surface area contributed by atoms with Crippen LogP contribution in [0.2, 0.25) is 0 Å². The van der Waals surface area contributed by atoms with E-state index in [1.54, 1.807) is 65.9 Å². The average Bonchev–Trinajstić information content (AvgIpc) is 4.14. The van der Waals surface area contributed by atoms with Crippen molar-refractivity contribution in [3.05, 3.63) is 119 Å². The van der Waals surface area contributed by atoms with E-state index in [9.17, 15) is 34.5 Å². The van der Waals surface area contributed by atoms with Gasteiger partial charge in [-0.3, -0.25) is 24.1 Å². The molecular formula is C60H73N5O8S2. The topological polar surface area (TPSA) is 182 Å². The summed E-state index contributed by atoms with van der Waals surface area (Å²) >= 11 is 3.02. The van der Waals surface area contributed by atoms with Crippen LogP contribution in [0.1, 0.15) is 138 Å². The minimum absolute atomic E-state index is 0.0219. The number of ketones is 1. The van der Waals surface area contributed by atoms with Crippen LogP contribution in [0.15, 0.2) is 96.5 Å². The number of fused-ring (bicyclic) bond motifs is 1. The molecule has 2 aromatic heterocycles. The number of thiazole rings is 1. The summed E-state index contributed by atoms with van der Waals surface area (Å²) in [7, 11) is 0. The van der Waals surface area contributed by atoms with Crippen LogP contribution in [0.3, 0.4) is 0 Å². The molecule has 1 aliphatic heterocycles. The van der Waals surface area contributed by atoms with Gasteiger partial charge in [-0.1, -0.05) is 83.6 Å². The molecule has 8 rings (SSSR count). The molecule has 0 spiro atoms. The van der Waals surface area contributed by atoms with Gasteiger partial charge in [-0.05, 0) is 135 Å². The zero-order chi connectivity index (χ0) is 53.2. The number of amides is 3. The molecule has 5 N–H and O–H groups in total. The molecule has 1 unspecified atom stereocenters. The predicted molar refractivity (Wildman–Crippen MR) is 298 cm³/mol. The molecule has 1 aliphatic carbocycles. The number of hydrogen-bond donors (Lipinski definition) is 5. The summed E-state index contributed by atoms with van der Waals surface area (Å²) in [6.45, 7) is 11.9. The van der Waals surface area contributed by atoms with Crippen molar-refractivity contribution in [2.75, 3.05) is 26.2 Å². The number of carbonyl (C=O) groups is 4. The van der Waals surface area contributed by atoms with Crippen molar-refractivity contribution in [2.45, 2.75) is 142 Å². The number of ether oxygens (including phenoxy) is 1. The Labute approximate surface area is 449 Å². The summed E-state index contributed by atoms with van der Waals surface area (Å²) in [5.41, 5.74) is 6.05. The summed E-state index contributed by atoms with van der Waals surface area (Å²) in [6, 6.07) is 25.6. The van der Waals surface area contributed by atoms with Crippen LogP contribution in [-0.4, -0.2) is 104 Å². The third-order valence-electron chi connectivity index (χ3n) is 14.8. The smallest absolute Gasteiger partial charge is 0.246 e. The lowest BCUT2D eigenvalue weighted by molar-refractivity contribution is -0.144. The SMILES string of the molecule is Cc1ncsc1-c1ccc([C@H](C)NC(=O)[C@@H]2C[C@@H](O)CN2C(=O)C(NC(=O)CCCCCCCN(CCOc2ccc(C(=O)c3c(-c4ccc(O)cc4)sc4cc(O)ccc34)cc2)C2CCCCC2)C(C)(C)C)cc1. The van der Waals surface area contributed by atoms with Gasteiger partial charge in [0, 0.05) is 58.1 Å². The number of aliphatic hydroxyl groups excluding tert-OH is 1. The van der Waals surface area contributed by atoms with E-state index < -0.39 is 23.6 Å². The molecular weight excluding hydrogens is 983 g/mol. The van der Waals surface area contributed by atoms with Gasteiger partial charge in [0.2, 0.25) is 17.7 Å². The first-order valence-corrected chi connectivity index (χ1v) is 28.4. The second-order valence-electron chi connectivity index (χ2n) is 21.5. The molecule has 6 aromatic rings. The van der Waals surface area contributed by atoms with E-state index >= 15 is 0 Å². The number of phenols is 2. The zero-order valence-corrected chi connectivity index (χ0v) is 45.6. The number of aryl methyl sites for hydroxylation is 1. The van der Waals surface area contributed by atoms with Crippen LogP contribution < -0.4 is 15.4 Å². The molecule has 0 bridgehead atoms. The number of aromatic hydroxyl groups is 2. The Bertz CT molecular complexity index is 2890. The van der Waals surface area contributed by atoms with Crippen molar-refractivity contribution in [1.82, 2.24) is 25.4 Å². The number of aliphatic hydroxyl groups is 1. The lowest BCUT2D eigenvalue weighted by atomic mass is 9.85. The lowest BCUT2D eigenvalue weighted by Gasteiger charge is -2.35. The predicted octanol–water partition coefficient (Wildman–Crippen LogP) is 11.4. The van der Waals surface area contributed by atoms with E-state index in [1.807, 2.05) is 76.5 Å². The number of aromatic nitrogens is 1. The van der Waals surface area contributed by atoms with Gasteiger partial charge in [0.05, 0.1) is 28.2 Å². The maximum Gasteiger partial charge on any atom is 0.246 e. The number of carbonyl (C=O) groups excluding carboxylic acids is 4. The number of thiophene rings is 1. The van der Waals surface area contributed by atoms with Gasteiger partial charge in [0.25, 0.3) is 0 Å². The van der Waals surface area contributed by atoms with Crippen molar-refractivity contribution in [1.29, 1.82) is 0 Å². The normalized spacial score (nSPS) is 17.0. The molecule has 13 nitrogen and oxygen atoms in total. The molecule has 3 amide bonds. The minimum atomic E-state index is -0.870. The number of rotatable bonds is 22. The average molecular weight is 1060 g/mol. The monoisotopic (exact) mass is 1060 g/mol. The van der Waals surface area contributed by atoms with Gasteiger partial charge < -0.3 is 35.6 Å². The largest absolute Gasteiger partial charge is 0.508 e. The molecule has 0 radical (unpaired) electrons. The van der Waals surface area contributed by atoms with Crippen LogP contribution in [0.25, 0.3) is 31.0 Å². The van der Waals surface area contributed by atoms with Gasteiger partial charge >= 0.3 is 0 Å². The summed E-state index contributed by atoms with van der Waals surface area (Å²) in [5, 5.41) is 37.7. The maximum atomic E-state index is 14.2. The third kappa shape index (κ3) is 14.0. The van der Waals surface area contributed by atoms with E-state index in [1.165, 1.54) is 48.3 Å². The number of unbranched alkanes of at least 4 members (excludes halogenated alkanes) is 4. The number of nitrogens with zero attached hydrogens (tertiary/aromatic N) is 3. The highest BCUT2D eigenvalue weighted by atomic mass is 32.1. The number of benzene rings is 4. The number of hydrogen-bond acceptors (Lipinski definition) is 12. The Balaban J connectivity index is 0.778. The molecule has 4 aromatic carbocycles.